The van der Waals surface area contributed by atoms with E-state index < -0.39 is 0 Å². The van der Waals surface area contributed by atoms with Gasteiger partial charge in [-0.3, -0.25) is 4.79 Å². The molecule has 0 saturated heterocycles. The standard InChI is InChI=1S/C27H32BrN3O3/c1-6-10-20-14-19(15-24(33-9-4)26(20)34-18(5)8-3)17-29-31-25(11-7-2)30-23-13-12-21(28)16-22(23)27(31)32/h6,12-18H,1,7-11H2,2-5H3/t18-/m1/s1. The normalized spacial score (nSPS) is 12.3. The quantitative estimate of drug-likeness (QED) is 0.217. The van der Waals surface area contributed by atoms with Crippen molar-refractivity contribution in [3.63, 3.8) is 0 Å². The molecule has 6 nitrogen and oxygen atoms in total. The Morgan fingerprint density at radius 3 is 2.71 bits per heavy atom. The number of benzene rings is 2. The molecular formula is C27H32BrN3O3. The van der Waals surface area contributed by atoms with Crippen LogP contribution in [0.2, 0.25) is 0 Å². The van der Waals surface area contributed by atoms with Gasteiger partial charge in [-0.15, -0.1) is 6.58 Å². The van der Waals surface area contributed by atoms with Gasteiger partial charge in [0, 0.05) is 16.5 Å². The molecule has 0 N–H and O–H groups in total. The molecule has 3 rings (SSSR count). The SMILES string of the molecule is C=CCc1cc(C=Nn2c(CCC)nc3ccc(Br)cc3c2=O)cc(OCC)c1O[C@H](C)CC. The van der Waals surface area contributed by atoms with Crippen molar-refractivity contribution in [2.45, 2.75) is 59.5 Å². The molecule has 34 heavy (non-hydrogen) atoms. The summed E-state index contributed by atoms with van der Waals surface area (Å²) in [7, 11) is 0. The van der Waals surface area contributed by atoms with Crippen LogP contribution in [0.25, 0.3) is 10.9 Å². The van der Waals surface area contributed by atoms with Gasteiger partial charge in [-0.1, -0.05) is 35.9 Å². The highest BCUT2D eigenvalue weighted by Crippen LogP contribution is 2.34. The average molecular weight is 526 g/mol. The number of fused-ring (bicyclic) bond motifs is 1. The van der Waals surface area contributed by atoms with E-state index in [2.05, 4.69) is 41.5 Å². The third kappa shape index (κ3) is 5.95. The van der Waals surface area contributed by atoms with Crippen molar-refractivity contribution in [3.05, 3.63) is 74.8 Å². The van der Waals surface area contributed by atoms with E-state index in [9.17, 15) is 4.79 Å². The van der Waals surface area contributed by atoms with Crippen molar-refractivity contribution in [2.75, 3.05) is 6.61 Å². The summed E-state index contributed by atoms with van der Waals surface area (Å²) >= 11 is 3.44. The fraction of sp³-hybridized carbons (Fsp3) is 0.370. The Morgan fingerprint density at radius 1 is 1.24 bits per heavy atom. The monoisotopic (exact) mass is 525 g/mol. The molecule has 0 radical (unpaired) electrons. The highest BCUT2D eigenvalue weighted by Gasteiger charge is 2.16. The van der Waals surface area contributed by atoms with Crippen LogP contribution in [0, 0.1) is 0 Å². The summed E-state index contributed by atoms with van der Waals surface area (Å²) in [5.41, 5.74) is 2.24. The number of aryl methyl sites for hydroxylation is 1. The van der Waals surface area contributed by atoms with Gasteiger partial charge in [0.25, 0.3) is 5.56 Å². The first-order valence-electron chi connectivity index (χ1n) is 11.7. The van der Waals surface area contributed by atoms with Crippen LogP contribution in [-0.2, 0) is 12.8 Å². The molecule has 3 aromatic rings. The molecule has 0 amide bonds. The lowest BCUT2D eigenvalue weighted by atomic mass is 10.1. The van der Waals surface area contributed by atoms with Gasteiger partial charge in [0.15, 0.2) is 11.5 Å². The van der Waals surface area contributed by atoms with Crippen LogP contribution < -0.4 is 15.0 Å². The largest absolute Gasteiger partial charge is 0.490 e. The summed E-state index contributed by atoms with van der Waals surface area (Å²) in [5, 5.41) is 5.08. The number of aromatic nitrogens is 2. The molecule has 1 heterocycles. The summed E-state index contributed by atoms with van der Waals surface area (Å²) in [6.07, 6.45) is 6.57. The van der Waals surface area contributed by atoms with Crippen LogP contribution in [0.5, 0.6) is 11.5 Å². The van der Waals surface area contributed by atoms with Gasteiger partial charge in [-0.25, -0.2) is 4.98 Å². The van der Waals surface area contributed by atoms with E-state index in [0.29, 0.717) is 41.9 Å². The van der Waals surface area contributed by atoms with E-state index in [-0.39, 0.29) is 11.7 Å². The predicted octanol–water partition coefficient (Wildman–Crippen LogP) is 6.30. The van der Waals surface area contributed by atoms with E-state index in [1.54, 1.807) is 12.3 Å². The van der Waals surface area contributed by atoms with Crippen LogP contribution in [0.3, 0.4) is 0 Å². The lowest BCUT2D eigenvalue weighted by molar-refractivity contribution is 0.201. The van der Waals surface area contributed by atoms with Gasteiger partial charge in [-0.2, -0.15) is 9.78 Å². The van der Waals surface area contributed by atoms with Crippen molar-refractivity contribution in [1.82, 2.24) is 9.66 Å². The van der Waals surface area contributed by atoms with Gasteiger partial charge >= 0.3 is 0 Å². The van der Waals surface area contributed by atoms with Crippen LogP contribution >= 0.6 is 15.9 Å². The lowest BCUT2D eigenvalue weighted by Crippen LogP contribution is -2.22. The number of rotatable bonds is 11. The molecule has 180 valence electrons. The topological polar surface area (TPSA) is 65.7 Å². The second-order valence-corrected chi connectivity index (χ2v) is 8.99. The maximum atomic E-state index is 13.3. The van der Waals surface area contributed by atoms with E-state index in [4.69, 9.17) is 14.5 Å². The fourth-order valence-corrected chi connectivity index (χ4v) is 3.93. The number of halogens is 1. The Kier molecular flexibility index (Phi) is 9.05. The van der Waals surface area contributed by atoms with Crippen LogP contribution in [-0.4, -0.2) is 28.6 Å². The molecule has 1 aromatic heterocycles. The number of ether oxygens (including phenoxy) is 2. The molecule has 0 fully saturated rings. The minimum Gasteiger partial charge on any atom is -0.490 e. The molecule has 2 aromatic carbocycles. The summed E-state index contributed by atoms with van der Waals surface area (Å²) < 4.78 is 14.3. The second kappa shape index (κ2) is 12.0. The third-order valence-electron chi connectivity index (χ3n) is 5.38. The summed E-state index contributed by atoms with van der Waals surface area (Å²) in [6.45, 7) is 12.5. The molecule has 0 bridgehead atoms. The zero-order chi connectivity index (χ0) is 24.7. The van der Waals surface area contributed by atoms with Crippen molar-refractivity contribution >= 4 is 33.0 Å². The highest BCUT2D eigenvalue weighted by molar-refractivity contribution is 9.10. The number of nitrogens with zero attached hydrogens (tertiary/aromatic N) is 3. The van der Waals surface area contributed by atoms with E-state index in [0.717, 1.165) is 34.2 Å². The van der Waals surface area contributed by atoms with E-state index in [1.165, 1.54) is 4.68 Å². The minimum absolute atomic E-state index is 0.0560. The van der Waals surface area contributed by atoms with Crippen LogP contribution in [0.4, 0.5) is 0 Å². The summed E-state index contributed by atoms with van der Waals surface area (Å²) in [5.74, 6) is 2.02. The molecular weight excluding hydrogens is 494 g/mol. The van der Waals surface area contributed by atoms with Crippen molar-refractivity contribution in [1.29, 1.82) is 0 Å². The van der Waals surface area contributed by atoms with Crippen LogP contribution in [0.1, 0.15) is 57.5 Å². The first kappa shape index (κ1) is 25.7. The van der Waals surface area contributed by atoms with Gasteiger partial charge in [-0.05, 0) is 69.0 Å². The van der Waals surface area contributed by atoms with Crippen molar-refractivity contribution in [2.24, 2.45) is 5.10 Å². The Balaban J connectivity index is 2.12. The van der Waals surface area contributed by atoms with E-state index in [1.807, 2.05) is 44.2 Å². The molecule has 1 atom stereocenters. The molecule has 0 unspecified atom stereocenters. The fourth-order valence-electron chi connectivity index (χ4n) is 3.57. The Hall–Kier alpha value is -2.93. The first-order valence-corrected chi connectivity index (χ1v) is 12.5. The maximum Gasteiger partial charge on any atom is 0.282 e. The molecule has 0 aliphatic heterocycles. The number of hydrogen-bond donors (Lipinski definition) is 0. The predicted molar refractivity (Wildman–Crippen MR) is 143 cm³/mol. The highest BCUT2D eigenvalue weighted by atomic mass is 79.9. The third-order valence-corrected chi connectivity index (χ3v) is 5.88. The Bertz CT molecular complexity index is 1250. The number of allylic oxidation sites excluding steroid dienone is 1. The summed E-state index contributed by atoms with van der Waals surface area (Å²) in [6, 6.07) is 9.41. The molecule has 0 aliphatic carbocycles. The Labute approximate surface area is 209 Å². The van der Waals surface area contributed by atoms with Gasteiger partial charge in [0.2, 0.25) is 0 Å². The van der Waals surface area contributed by atoms with Gasteiger partial charge in [0.05, 0.1) is 29.8 Å². The lowest BCUT2D eigenvalue weighted by Gasteiger charge is -2.20. The van der Waals surface area contributed by atoms with Gasteiger partial charge in [0.1, 0.15) is 5.82 Å². The van der Waals surface area contributed by atoms with E-state index >= 15 is 0 Å². The zero-order valence-corrected chi connectivity index (χ0v) is 21.9. The molecule has 7 heteroatoms. The molecule has 0 saturated carbocycles. The first-order chi connectivity index (χ1) is 16.4. The van der Waals surface area contributed by atoms with Gasteiger partial charge < -0.3 is 9.47 Å². The minimum atomic E-state index is -0.195. The van der Waals surface area contributed by atoms with Crippen molar-refractivity contribution < 1.29 is 9.47 Å². The molecule has 0 aliphatic rings. The average Bonchev–Trinajstić information content (AvgIpc) is 2.81. The second-order valence-electron chi connectivity index (χ2n) is 8.07. The molecule has 0 spiro atoms. The van der Waals surface area contributed by atoms with Crippen LogP contribution in [0.15, 0.2) is 57.4 Å². The smallest absolute Gasteiger partial charge is 0.282 e. The van der Waals surface area contributed by atoms with Crippen molar-refractivity contribution in [3.8, 4) is 11.5 Å². The number of hydrogen-bond acceptors (Lipinski definition) is 5. The maximum absolute atomic E-state index is 13.3. The Morgan fingerprint density at radius 2 is 2.03 bits per heavy atom. The zero-order valence-electron chi connectivity index (χ0n) is 20.3. The summed E-state index contributed by atoms with van der Waals surface area (Å²) in [4.78, 5) is 18.0.